The molecule has 1 atom stereocenters. The van der Waals surface area contributed by atoms with E-state index in [2.05, 4.69) is 63.5 Å². The average Bonchev–Trinajstić information content (AvgIpc) is 3.33. The van der Waals surface area contributed by atoms with Gasteiger partial charge in [0, 0.05) is 23.7 Å². The lowest BCUT2D eigenvalue weighted by molar-refractivity contribution is 0.0844. The van der Waals surface area contributed by atoms with Gasteiger partial charge >= 0.3 is 0 Å². The van der Waals surface area contributed by atoms with Crippen LogP contribution in [0.25, 0.3) is 10.9 Å². The Balaban J connectivity index is 1.51. The number of aromatic nitrogens is 5. The van der Waals surface area contributed by atoms with Gasteiger partial charge in [0.1, 0.15) is 0 Å². The van der Waals surface area contributed by atoms with E-state index in [9.17, 15) is 4.79 Å². The predicted molar refractivity (Wildman–Crippen MR) is 138 cm³/mol. The smallest absolute Gasteiger partial charge is 0.252 e. The van der Waals surface area contributed by atoms with Crippen LogP contribution in [0.2, 0.25) is 0 Å². The van der Waals surface area contributed by atoms with Gasteiger partial charge < -0.3 is 4.98 Å². The Labute approximate surface area is 206 Å². The molecule has 7 nitrogen and oxygen atoms in total. The summed E-state index contributed by atoms with van der Waals surface area (Å²) < 4.78 is 1.92. The van der Waals surface area contributed by atoms with Gasteiger partial charge in [0.05, 0.1) is 12.6 Å². The van der Waals surface area contributed by atoms with Gasteiger partial charge in [-0.1, -0.05) is 68.1 Å². The summed E-state index contributed by atoms with van der Waals surface area (Å²) in [5, 5.41) is 14.0. The summed E-state index contributed by atoms with van der Waals surface area (Å²) >= 11 is 0. The number of benzene rings is 2. The van der Waals surface area contributed by atoms with E-state index < -0.39 is 0 Å². The molecule has 5 rings (SSSR count). The van der Waals surface area contributed by atoms with Crippen LogP contribution >= 0.6 is 0 Å². The highest BCUT2D eigenvalue weighted by Gasteiger charge is 2.32. The van der Waals surface area contributed by atoms with Crippen LogP contribution < -0.4 is 5.56 Å². The van der Waals surface area contributed by atoms with Crippen molar-refractivity contribution >= 4 is 10.9 Å². The largest absolute Gasteiger partial charge is 0.322 e. The normalized spacial score (nSPS) is 15.6. The molecular weight excluding hydrogens is 436 g/mol. The predicted octanol–water partition coefficient (Wildman–Crippen LogP) is 5.16. The Bertz CT molecular complexity index is 1320. The average molecular weight is 471 g/mol. The molecule has 0 spiro atoms. The van der Waals surface area contributed by atoms with E-state index in [1.165, 1.54) is 30.4 Å². The molecule has 4 aromatic rings. The SMILES string of the molecule is CC[C@H](c1nnnn1Cc1ccccc1)N(Cc1cc2cc(C)ccc2[nH]c1=O)C1CCCCC1. The van der Waals surface area contributed by atoms with Crippen molar-refractivity contribution < 1.29 is 0 Å². The second-order valence-corrected chi connectivity index (χ2v) is 9.78. The zero-order valence-corrected chi connectivity index (χ0v) is 20.7. The molecular formula is C28H34N6O. The molecule has 1 N–H and O–H groups in total. The van der Waals surface area contributed by atoms with Crippen molar-refractivity contribution in [1.29, 1.82) is 0 Å². The van der Waals surface area contributed by atoms with E-state index in [4.69, 9.17) is 0 Å². The molecule has 7 heteroatoms. The monoisotopic (exact) mass is 470 g/mol. The minimum Gasteiger partial charge on any atom is -0.322 e. The van der Waals surface area contributed by atoms with Crippen LogP contribution in [0.1, 0.15) is 74.0 Å². The van der Waals surface area contributed by atoms with Gasteiger partial charge in [0.25, 0.3) is 5.56 Å². The lowest BCUT2D eigenvalue weighted by Crippen LogP contribution is -2.41. The molecule has 1 aliphatic carbocycles. The first-order valence-electron chi connectivity index (χ1n) is 12.8. The van der Waals surface area contributed by atoms with Crippen molar-refractivity contribution in [2.75, 3.05) is 0 Å². The maximum atomic E-state index is 13.1. The minimum atomic E-state index is -0.0131. The number of nitrogens with zero attached hydrogens (tertiary/aromatic N) is 5. The Hall–Kier alpha value is -3.32. The molecule has 1 fully saturated rings. The Morgan fingerprint density at radius 2 is 1.89 bits per heavy atom. The number of pyridine rings is 1. The molecule has 0 radical (unpaired) electrons. The first kappa shape index (κ1) is 23.4. The van der Waals surface area contributed by atoms with E-state index in [0.717, 1.165) is 41.6 Å². The number of rotatable bonds is 8. The van der Waals surface area contributed by atoms with Gasteiger partial charge in [-0.15, -0.1) is 5.10 Å². The molecule has 0 bridgehead atoms. The summed E-state index contributed by atoms with van der Waals surface area (Å²) in [7, 11) is 0. The number of aryl methyl sites for hydroxylation is 1. The van der Waals surface area contributed by atoms with Gasteiger partial charge in [-0.05, 0) is 65.8 Å². The second-order valence-electron chi connectivity index (χ2n) is 9.78. The van der Waals surface area contributed by atoms with Crippen LogP contribution in [0.15, 0.2) is 59.4 Å². The lowest BCUT2D eigenvalue weighted by Gasteiger charge is -2.39. The zero-order valence-electron chi connectivity index (χ0n) is 20.7. The van der Waals surface area contributed by atoms with Crippen molar-refractivity contribution in [3.63, 3.8) is 0 Å². The van der Waals surface area contributed by atoms with Crippen LogP contribution in [0.5, 0.6) is 0 Å². The van der Waals surface area contributed by atoms with Gasteiger partial charge in [-0.2, -0.15) is 0 Å². The number of nitrogens with one attached hydrogen (secondary N) is 1. The van der Waals surface area contributed by atoms with Crippen LogP contribution in [0, 0.1) is 6.92 Å². The summed E-state index contributed by atoms with van der Waals surface area (Å²) in [6.45, 7) is 5.49. The molecule has 1 aliphatic rings. The molecule has 0 aliphatic heterocycles. The van der Waals surface area contributed by atoms with Crippen molar-refractivity contribution in [2.45, 2.75) is 77.5 Å². The lowest BCUT2D eigenvalue weighted by atomic mass is 9.92. The standard InChI is InChI=1S/C28H34N6O/c1-3-26(27-30-31-32-34(27)18-21-10-6-4-7-11-21)33(24-12-8-5-9-13-24)19-23-17-22-16-20(2)14-15-25(22)29-28(23)35/h4,6-7,10-11,14-17,24,26H,3,5,8-9,12-13,18-19H2,1-2H3,(H,29,35)/t26-/m1/s1. The summed E-state index contributed by atoms with van der Waals surface area (Å²) in [5.74, 6) is 0.870. The summed E-state index contributed by atoms with van der Waals surface area (Å²) in [5.41, 5.74) is 4.02. The van der Waals surface area contributed by atoms with Gasteiger partial charge in [0.15, 0.2) is 5.82 Å². The third-order valence-corrected chi connectivity index (χ3v) is 7.29. The number of hydrogen-bond donors (Lipinski definition) is 1. The highest BCUT2D eigenvalue weighted by molar-refractivity contribution is 5.79. The number of H-pyrrole nitrogens is 1. The highest BCUT2D eigenvalue weighted by atomic mass is 16.1. The third kappa shape index (κ3) is 5.20. The van der Waals surface area contributed by atoms with Crippen molar-refractivity contribution in [3.05, 3.63) is 87.5 Å². The molecule has 0 unspecified atom stereocenters. The van der Waals surface area contributed by atoms with E-state index in [1.807, 2.05) is 35.0 Å². The van der Waals surface area contributed by atoms with E-state index in [0.29, 0.717) is 19.1 Å². The van der Waals surface area contributed by atoms with Crippen LogP contribution in [-0.2, 0) is 13.1 Å². The quantitative estimate of drug-likeness (QED) is 0.385. The van der Waals surface area contributed by atoms with Crippen LogP contribution in [0.3, 0.4) is 0 Å². The van der Waals surface area contributed by atoms with E-state index in [-0.39, 0.29) is 11.6 Å². The molecule has 2 aromatic heterocycles. The maximum Gasteiger partial charge on any atom is 0.252 e. The van der Waals surface area contributed by atoms with Gasteiger partial charge in [-0.3, -0.25) is 9.69 Å². The molecule has 0 saturated heterocycles. The Morgan fingerprint density at radius 3 is 2.66 bits per heavy atom. The summed E-state index contributed by atoms with van der Waals surface area (Å²) in [6.07, 6.45) is 6.88. The molecule has 35 heavy (non-hydrogen) atoms. The van der Waals surface area contributed by atoms with Gasteiger partial charge in [0.2, 0.25) is 0 Å². The van der Waals surface area contributed by atoms with Gasteiger partial charge in [-0.25, -0.2) is 4.68 Å². The summed E-state index contributed by atoms with van der Waals surface area (Å²) in [6, 6.07) is 19.0. The van der Waals surface area contributed by atoms with Crippen molar-refractivity contribution in [1.82, 2.24) is 30.1 Å². The third-order valence-electron chi connectivity index (χ3n) is 7.29. The second kappa shape index (κ2) is 10.5. The van der Waals surface area contributed by atoms with Crippen LogP contribution in [0.4, 0.5) is 0 Å². The number of hydrogen-bond acceptors (Lipinski definition) is 5. The fourth-order valence-electron chi connectivity index (χ4n) is 5.48. The molecule has 2 heterocycles. The fourth-order valence-corrected chi connectivity index (χ4v) is 5.48. The minimum absolute atomic E-state index is 0.0131. The van der Waals surface area contributed by atoms with Crippen molar-refractivity contribution in [2.24, 2.45) is 0 Å². The zero-order chi connectivity index (χ0) is 24.2. The highest BCUT2D eigenvalue weighted by Crippen LogP contribution is 2.33. The Kier molecular flexibility index (Phi) is 7.04. The number of aromatic amines is 1. The molecule has 1 saturated carbocycles. The fraction of sp³-hybridized carbons (Fsp3) is 0.429. The molecule has 0 amide bonds. The maximum absolute atomic E-state index is 13.1. The van der Waals surface area contributed by atoms with E-state index in [1.54, 1.807) is 0 Å². The number of tetrazole rings is 1. The molecule has 182 valence electrons. The molecule has 2 aromatic carbocycles. The summed E-state index contributed by atoms with van der Waals surface area (Å²) in [4.78, 5) is 18.7. The van der Waals surface area contributed by atoms with E-state index >= 15 is 0 Å². The topological polar surface area (TPSA) is 79.7 Å². The number of fused-ring (bicyclic) bond motifs is 1. The Morgan fingerprint density at radius 1 is 1.09 bits per heavy atom. The van der Waals surface area contributed by atoms with Crippen molar-refractivity contribution in [3.8, 4) is 0 Å². The van der Waals surface area contributed by atoms with Crippen LogP contribution in [-0.4, -0.2) is 36.1 Å². The first-order chi connectivity index (χ1) is 17.1. The first-order valence-corrected chi connectivity index (χ1v) is 12.8.